The molecule has 25 atom stereocenters. The minimum atomic E-state index is -0.340. The predicted octanol–water partition coefficient (Wildman–Crippen LogP) is 22.0. The molecule has 0 radical (unpaired) electrons. The second-order valence-electron chi connectivity index (χ2n) is 43.4. The van der Waals surface area contributed by atoms with Gasteiger partial charge in [-0.25, -0.2) is 0 Å². The maximum absolute atomic E-state index is 13.2. The average molecular weight is 1430 g/mol. The molecule has 20 aliphatic rings. The van der Waals surface area contributed by atoms with Crippen LogP contribution in [0.1, 0.15) is 324 Å². The van der Waals surface area contributed by atoms with Crippen molar-refractivity contribution in [3.63, 3.8) is 0 Å². The van der Waals surface area contributed by atoms with Crippen molar-refractivity contribution in [3.05, 3.63) is 0 Å². The van der Waals surface area contributed by atoms with Crippen LogP contribution in [0.2, 0.25) is 0 Å². The highest BCUT2D eigenvalue weighted by Crippen LogP contribution is 2.65. The Hall–Kier alpha value is -2.65. The van der Waals surface area contributed by atoms with Gasteiger partial charge in [0.25, 0.3) is 0 Å². The summed E-state index contributed by atoms with van der Waals surface area (Å²) in [5, 5.41) is 0. The summed E-state index contributed by atoms with van der Waals surface area (Å²) in [4.78, 5) is 63.6. The lowest BCUT2D eigenvalue weighted by Gasteiger charge is -2.60. The Labute approximate surface area is 627 Å². The van der Waals surface area contributed by atoms with E-state index in [4.69, 9.17) is 23.7 Å². The zero-order valence-electron chi connectivity index (χ0n) is 68.6. The molecule has 0 heterocycles. The fourth-order valence-corrected chi connectivity index (χ4v) is 30.0. The molecule has 18 bridgehead atoms. The fraction of sp³-hybridized carbons (Fsp3) is 0.946. The Morgan fingerprint density at radius 2 is 0.631 bits per heavy atom. The zero-order chi connectivity index (χ0) is 73.5. The predicted molar refractivity (Wildman–Crippen MR) is 408 cm³/mol. The smallest absolute Gasteiger partial charge is 0.309 e. The summed E-state index contributed by atoms with van der Waals surface area (Å²) in [6.45, 7) is 40.4. The molecular weight excluding hydrogens is 1280 g/mol. The Balaban J connectivity index is 0.000000110. The first-order valence-electron chi connectivity index (χ1n) is 44.8. The molecule has 20 fully saturated rings. The van der Waals surface area contributed by atoms with Gasteiger partial charge < -0.3 is 23.7 Å². The number of hydrogen-bond donors (Lipinski definition) is 0. The lowest BCUT2D eigenvalue weighted by Crippen LogP contribution is -2.60. The summed E-state index contributed by atoms with van der Waals surface area (Å²) in [7, 11) is 0. The van der Waals surface area contributed by atoms with Gasteiger partial charge in [-0.1, -0.05) is 102 Å². The molecule has 0 N–H and O–H groups in total. The molecule has 25 unspecified atom stereocenters. The minimum absolute atomic E-state index is 0.0405. The molecule has 20 saturated carbocycles. The first kappa shape index (κ1) is 77.1. The van der Waals surface area contributed by atoms with Crippen molar-refractivity contribution in [2.75, 3.05) is 0 Å². The summed E-state index contributed by atoms with van der Waals surface area (Å²) < 4.78 is 30.5. The summed E-state index contributed by atoms with van der Waals surface area (Å²) in [5.41, 5.74) is -1.00. The first-order valence-corrected chi connectivity index (χ1v) is 44.8. The van der Waals surface area contributed by atoms with E-state index in [1.807, 2.05) is 20.8 Å². The maximum atomic E-state index is 13.2. The van der Waals surface area contributed by atoms with Crippen LogP contribution in [-0.2, 0) is 47.7 Å². The highest BCUT2D eigenvalue weighted by atomic mass is 16.6. The third-order valence-electron chi connectivity index (χ3n) is 37.1. The molecule has 0 aliphatic heterocycles. The molecule has 0 aromatic rings. The van der Waals surface area contributed by atoms with Gasteiger partial charge in [-0.2, -0.15) is 0 Å². The Morgan fingerprint density at radius 3 is 0.951 bits per heavy atom. The topological polar surface area (TPSA) is 132 Å². The van der Waals surface area contributed by atoms with E-state index in [0.717, 1.165) is 134 Å². The third-order valence-corrected chi connectivity index (χ3v) is 37.1. The van der Waals surface area contributed by atoms with E-state index < -0.39 is 0 Å². The Morgan fingerprint density at radius 1 is 0.330 bits per heavy atom. The molecule has 0 saturated heterocycles. The van der Waals surface area contributed by atoms with Crippen LogP contribution in [0, 0.1) is 201 Å². The standard InChI is InChI=1S/C22H34O2.C21H32O2.C19H32O2.C17H28O2.C14H24O2/c1-4-22(17-6-14-5-15(8-17)9-18(22)7-14)24-21(23)20-11-16-10-19(20)13(3)12(16)2;1-11-12(2)18-9-15(11)10-19(18)20(22)23-21(3)16-5-13-4-14(7-16)8-17(21)6-13;1-12-13(2)16-10-14(12)11-17(16)18(20)21-19(3,4)15-8-6-5-7-9-15;1-11-12(2)14-9-13(11)10-15(14)16(18)19-17(3)7-5-4-6-8-17;1-8-9(2)11-6-10(8)7-12(11)13(15)16-14(3,4)5/h12-20H,4-11H2,1-3H3;11-19H,4-10H2,1-3H3;12-17H,5-11H2,1-4H3;11-15H,4-10H2,1-3H3;8-12H,6-7H2,1-5H3. The Bertz CT molecular complexity index is 2950. The van der Waals surface area contributed by atoms with Gasteiger partial charge in [0.05, 0.1) is 29.6 Å². The van der Waals surface area contributed by atoms with Crippen LogP contribution in [0.25, 0.3) is 0 Å². The van der Waals surface area contributed by atoms with Crippen LogP contribution < -0.4 is 0 Å². The van der Waals surface area contributed by atoms with E-state index >= 15 is 0 Å². The van der Waals surface area contributed by atoms with Crippen LogP contribution in [0.3, 0.4) is 0 Å². The van der Waals surface area contributed by atoms with Gasteiger partial charge in [0, 0.05) is 0 Å². The third kappa shape index (κ3) is 14.7. The van der Waals surface area contributed by atoms with E-state index in [0.29, 0.717) is 88.8 Å². The SMILES string of the molecule is CC1C2CC(C(=O)OC(C)(C)C)C(C2)C1C.CC1C2CC(C(=O)OC(C)(C)C3CCCCC3)C(C2)C1C.CC1C2CC(C(=O)OC3(C)C4CC5CC(C4)CC3C5)C(C2)C1C.CC1C2CC(C(=O)OC3(C)CCCCC3)C(C2)C1C.CCC1(OC(=O)C2CC3CC2C(C)C3C)C2CC3CC(C2)CC1C3. The van der Waals surface area contributed by atoms with E-state index in [-0.39, 0.29) is 87.4 Å². The van der Waals surface area contributed by atoms with E-state index in [1.165, 1.54) is 148 Å². The van der Waals surface area contributed by atoms with E-state index in [9.17, 15) is 24.0 Å². The molecule has 103 heavy (non-hydrogen) atoms. The van der Waals surface area contributed by atoms with Gasteiger partial charge in [-0.05, 0) is 393 Å². The van der Waals surface area contributed by atoms with Crippen LogP contribution in [0.5, 0.6) is 0 Å². The number of hydrogen-bond acceptors (Lipinski definition) is 10. The molecule has 20 rings (SSSR count). The molecule has 0 spiro atoms. The summed E-state index contributed by atoms with van der Waals surface area (Å²) in [5.74, 6) is 22.9. The second-order valence-corrected chi connectivity index (χ2v) is 43.4. The van der Waals surface area contributed by atoms with Crippen molar-refractivity contribution in [3.8, 4) is 0 Å². The van der Waals surface area contributed by atoms with Gasteiger partial charge in [-0.15, -0.1) is 0 Å². The number of esters is 5. The molecule has 0 aromatic heterocycles. The number of carbonyl (C=O) groups excluding carboxylic acids is 5. The van der Waals surface area contributed by atoms with Crippen molar-refractivity contribution in [1.82, 2.24) is 0 Å². The van der Waals surface area contributed by atoms with Gasteiger partial charge in [0.15, 0.2) is 0 Å². The molecule has 0 aromatic carbocycles. The fourth-order valence-electron chi connectivity index (χ4n) is 30.0. The van der Waals surface area contributed by atoms with Crippen LogP contribution in [0.15, 0.2) is 0 Å². The number of carbonyl (C=O) groups is 5. The lowest BCUT2D eigenvalue weighted by molar-refractivity contribution is -0.216. The van der Waals surface area contributed by atoms with Gasteiger partial charge >= 0.3 is 29.8 Å². The summed E-state index contributed by atoms with van der Waals surface area (Å²) in [6, 6.07) is 0. The van der Waals surface area contributed by atoms with E-state index in [2.05, 4.69) is 104 Å². The van der Waals surface area contributed by atoms with Gasteiger partial charge in [-0.3, -0.25) is 24.0 Å². The largest absolute Gasteiger partial charge is 0.460 e. The minimum Gasteiger partial charge on any atom is -0.460 e. The highest BCUT2D eigenvalue weighted by molar-refractivity contribution is 5.76. The van der Waals surface area contributed by atoms with Crippen molar-refractivity contribution in [1.29, 1.82) is 0 Å². The lowest BCUT2D eigenvalue weighted by atomic mass is 9.49. The second kappa shape index (κ2) is 29.5. The first-order chi connectivity index (χ1) is 48.7. The molecule has 0 amide bonds. The van der Waals surface area contributed by atoms with Crippen molar-refractivity contribution in [2.45, 2.75) is 352 Å². The van der Waals surface area contributed by atoms with Crippen LogP contribution in [0.4, 0.5) is 0 Å². The number of rotatable bonds is 11. The van der Waals surface area contributed by atoms with Gasteiger partial charge in [0.2, 0.25) is 0 Å². The van der Waals surface area contributed by atoms with Crippen molar-refractivity contribution >= 4 is 29.8 Å². The van der Waals surface area contributed by atoms with Gasteiger partial charge in [0.1, 0.15) is 28.0 Å². The number of ether oxygens (including phenoxy) is 5. The normalized spacial score (nSPS) is 49.7. The highest BCUT2D eigenvalue weighted by Gasteiger charge is 2.63. The quantitative estimate of drug-likeness (QED) is 0.145. The molecule has 582 valence electrons. The van der Waals surface area contributed by atoms with Crippen molar-refractivity contribution in [2.24, 2.45) is 201 Å². The molecule has 10 nitrogen and oxygen atoms in total. The summed E-state index contributed by atoms with van der Waals surface area (Å²) >= 11 is 0. The average Bonchev–Trinajstić information content (AvgIpc) is 1.71. The van der Waals surface area contributed by atoms with E-state index in [1.54, 1.807) is 0 Å². The number of fused-ring (bicyclic) bond motifs is 10. The molecule has 10 heteroatoms. The molecular formula is C93H150O10. The summed E-state index contributed by atoms with van der Waals surface area (Å²) in [6.07, 6.45) is 38.6. The molecule has 20 aliphatic carbocycles. The van der Waals surface area contributed by atoms with Crippen LogP contribution in [-0.4, -0.2) is 57.9 Å². The Kier molecular flexibility index (Phi) is 22.1. The van der Waals surface area contributed by atoms with Crippen LogP contribution >= 0.6 is 0 Å². The zero-order valence-corrected chi connectivity index (χ0v) is 68.6. The van der Waals surface area contributed by atoms with Crippen molar-refractivity contribution < 1.29 is 47.7 Å². The monoisotopic (exact) mass is 1430 g/mol. The maximum Gasteiger partial charge on any atom is 0.309 e.